The van der Waals surface area contributed by atoms with Crippen LogP contribution in [0.1, 0.15) is 11.1 Å². The van der Waals surface area contributed by atoms with E-state index < -0.39 is 0 Å². The number of fused-ring (bicyclic) bond motifs is 4. The van der Waals surface area contributed by atoms with Crippen molar-refractivity contribution < 1.29 is 4.42 Å². The van der Waals surface area contributed by atoms with E-state index in [-0.39, 0.29) is 5.63 Å². The predicted molar refractivity (Wildman–Crippen MR) is 117 cm³/mol. The third-order valence-corrected chi connectivity index (χ3v) is 6.34. The van der Waals surface area contributed by atoms with E-state index in [1.54, 1.807) is 6.07 Å². The van der Waals surface area contributed by atoms with Gasteiger partial charge < -0.3 is 4.42 Å². The lowest BCUT2D eigenvalue weighted by atomic mass is 10.0. The van der Waals surface area contributed by atoms with Crippen LogP contribution in [-0.2, 0) is 6.42 Å². The lowest BCUT2D eigenvalue weighted by molar-refractivity contribution is 0.563. The van der Waals surface area contributed by atoms with Crippen molar-refractivity contribution in [3.8, 4) is 33.0 Å². The smallest absolute Gasteiger partial charge is 0.346 e. The van der Waals surface area contributed by atoms with Crippen molar-refractivity contribution in [2.45, 2.75) is 6.42 Å². The van der Waals surface area contributed by atoms with Gasteiger partial charge in [-0.2, -0.15) is 0 Å². The SMILES string of the molecule is O=c1oc2ccccc2cc1-c1nc(-c2ccc3c(c2)Cc2ccccc2-3)cs1. The van der Waals surface area contributed by atoms with Gasteiger partial charge in [0.1, 0.15) is 10.6 Å². The van der Waals surface area contributed by atoms with E-state index in [1.165, 1.54) is 33.6 Å². The zero-order chi connectivity index (χ0) is 19.4. The van der Waals surface area contributed by atoms with E-state index in [9.17, 15) is 4.79 Å². The number of nitrogens with zero attached hydrogens (tertiary/aromatic N) is 1. The second kappa shape index (κ2) is 6.26. The van der Waals surface area contributed by atoms with Crippen molar-refractivity contribution in [1.29, 1.82) is 0 Å². The Labute approximate surface area is 170 Å². The molecule has 1 aliphatic carbocycles. The Kier molecular flexibility index (Phi) is 3.55. The summed E-state index contributed by atoms with van der Waals surface area (Å²) in [5, 5.41) is 3.59. The first-order valence-corrected chi connectivity index (χ1v) is 10.3. The topological polar surface area (TPSA) is 43.1 Å². The highest BCUT2D eigenvalue weighted by Crippen LogP contribution is 2.39. The van der Waals surface area contributed by atoms with Gasteiger partial charge in [-0.3, -0.25) is 0 Å². The van der Waals surface area contributed by atoms with Gasteiger partial charge in [0.05, 0.1) is 11.3 Å². The van der Waals surface area contributed by atoms with Crippen LogP contribution in [-0.4, -0.2) is 4.98 Å². The summed E-state index contributed by atoms with van der Waals surface area (Å²) in [6, 6.07) is 24.5. The molecule has 0 aliphatic heterocycles. The van der Waals surface area contributed by atoms with Crippen molar-refractivity contribution in [1.82, 2.24) is 4.98 Å². The molecule has 2 aromatic heterocycles. The summed E-state index contributed by atoms with van der Waals surface area (Å²) in [4.78, 5) is 17.2. The standard InChI is InChI=1S/C25H15NO2S/c27-25-21(13-17-6-2-4-8-23(17)28-25)24-26-22(14-29-24)16-9-10-20-18(12-16)11-15-5-1-3-7-19(15)20/h1-10,12-14H,11H2. The molecule has 0 fully saturated rings. The van der Waals surface area contributed by atoms with Gasteiger partial charge in [0, 0.05) is 16.3 Å². The molecule has 0 saturated carbocycles. The summed E-state index contributed by atoms with van der Waals surface area (Å²) in [5.41, 5.74) is 8.02. The van der Waals surface area contributed by atoms with Crippen LogP contribution in [0, 0.1) is 0 Å². The molecule has 0 atom stereocenters. The third-order valence-electron chi connectivity index (χ3n) is 5.47. The minimum atomic E-state index is -0.353. The van der Waals surface area contributed by atoms with Crippen LogP contribution in [0.15, 0.2) is 87.4 Å². The van der Waals surface area contributed by atoms with Crippen molar-refractivity contribution in [3.63, 3.8) is 0 Å². The Hall–Kier alpha value is -3.50. The Morgan fingerprint density at radius 3 is 2.62 bits per heavy atom. The van der Waals surface area contributed by atoms with Gasteiger partial charge in [0.25, 0.3) is 0 Å². The summed E-state index contributed by atoms with van der Waals surface area (Å²) in [6.45, 7) is 0. The van der Waals surface area contributed by atoms with Crippen molar-refractivity contribution in [2.75, 3.05) is 0 Å². The molecule has 0 bridgehead atoms. The van der Waals surface area contributed by atoms with Gasteiger partial charge in [-0.25, -0.2) is 9.78 Å². The van der Waals surface area contributed by atoms with Crippen LogP contribution in [0.5, 0.6) is 0 Å². The second-order valence-electron chi connectivity index (χ2n) is 7.23. The second-order valence-corrected chi connectivity index (χ2v) is 8.09. The summed E-state index contributed by atoms with van der Waals surface area (Å²) < 4.78 is 5.47. The maximum Gasteiger partial charge on any atom is 0.346 e. The summed E-state index contributed by atoms with van der Waals surface area (Å²) in [5.74, 6) is 0. The van der Waals surface area contributed by atoms with Crippen LogP contribution >= 0.6 is 11.3 Å². The number of aromatic nitrogens is 1. The summed E-state index contributed by atoms with van der Waals surface area (Å²) in [7, 11) is 0. The molecule has 1 aliphatic rings. The number of para-hydroxylation sites is 1. The maximum atomic E-state index is 12.5. The van der Waals surface area contributed by atoms with E-state index in [4.69, 9.17) is 9.40 Å². The Bertz CT molecular complexity index is 1460. The first-order valence-electron chi connectivity index (χ1n) is 9.47. The van der Waals surface area contributed by atoms with Gasteiger partial charge in [-0.1, -0.05) is 54.6 Å². The van der Waals surface area contributed by atoms with Gasteiger partial charge in [0.15, 0.2) is 0 Å². The fourth-order valence-corrected chi connectivity index (χ4v) is 4.88. The molecule has 3 aromatic carbocycles. The number of hydrogen-bond donors (Lipinski definition) is 0. The van der Waals surface area contributed by atoms with Crippen LogP contribution in [0.2, 0.25) is 0 Å². The minimum Gasteiger partial charge on any atom is -0.422 e. The van der Waals surface area contributed by atoms with Gasteiger partial charge in [0.2, 0.25) is 0 Å². The Morgan fingerprint density at radius 2 is 1.66 bits per heavy atom. The molecule has 3 nitrogen and oxygen atoms in total. The minimum absolute atomic E-state index is 0.353. The molecular weight excluding hydrogens is 378 g/mol. The molecule has 29 heavy (non-hydrogen) atoms. The zero-order valence-corrected chi connectivity index (χ0v) is 16.2. The molecule has 4 heteroatoms. The first-order chi connectivity index (χ1) is 14.3. The third kappa shape index (κ3) is 2.64. The number of thiazole rings is 1. The molecule has 0 N–H and O–H groups in total. The quantitative estimate of drug-likeness (QED) is 0.331. The zero-order valence-electron chi connectivity index (χ0n) is 15.4. The highest BCUT2D eigenvalue weighted by Gasteiger charge is 2.19. The van der Waals surface area contributed by atoms with Gasteiger partial charge in [-0.15, -0.1) is 11.3 Å². The van der Waals surface area contributed by atoms with Crippen LogP contribution in [0.25, 0.3) is 43.9 Å². The molecule has 2 heterocycles. The molecular formula is C25H15NO2S. The monoisotopic (exact) mass is 393 g/mol. The van der Waals surface area contributed by atoms with Crippen LogP contribution in [0.3, 0.4) is 0 Å². The van der Waals surface area contributed by atoms with Gasteiger partial charge >= 0.3 is 5.63 Å². The average molecular weight is 393 g/mol. The first kappa shape index (κ1) is 16.5. The molecule has 6 rings (SSSR count). The highest BCUT2D eigenvalue weighted by molar-refractivity contribution is 7.13. The number of benzene rings is 3. The van der Waals surface area contributed by atoms with E-state index in [1.807, 2.05) is 29.6 Å². The molecule has 0 unspecified atom stereocenters. The maximum absolute atomic E-state index is 12.5. The van der Waals surface area contributed by atoms with Crippen molar-refractivity contribution >= 4 is 22.3 Å². The fourth-order valence-electron chi connectivity index (χ4n) is 4.05. The molecule has 5 aromatic rings. The summed E-state index contributed by atoms with van der Waals surface area (Å²) in [6.07, 6.45) is 0.949. The molecule has 0 spiro atoms. The van der Waals surface area contributed by atoms with Gasteiger partial charge in [-0.05, 0) is 46.9 Å². The summed E-state index contributed by atoms with van der Waals surface area (Å²) >= 11 is 1.47. The van der Waals surface area contributed by atoms with Crippen molar-refractivity contribution in [3.05, 3.63) is 99.7 Å². The van der Waals surface area contributed by atoms with E-state index in [0.717, 1.165) is 23.1 Å². The van der Waals surface area contributed by atoms with E-state index in [0.29, 0.717) is 16.2 Å². The molecule has 138 valence electrons. The molecule has 0 radical (unpaired) electrons. The number of rotatable bonds is 2. The normalized spacial score (nSPS) is 12.1. The largest absolute Gasteiger partial charge is 0.422 e. The lowest BCUT2D eigenvalue weighted by Gasteiger charge is -2.03. The molecule has 0 amide bonds. The lowest BCUT2D eigenvalue weighted by Crippen LogP contribution is -2.02. The molecule has 0 saturated heterocycles. The van der Waals surface area contributed by atoms with Crippen molar-refractivity contribution in [2.24, 2.45) is 0 Å². The fraction of sp³-hybridized carbons (Fsp3) is 0.0400. The Morgan fingerprint density at radius 1 is 0.828 bits per heavy atom. The van der Waals surface area contributed by atoms with E-state index in [2.05, 4.69) is 42.5 Å². The van der Waals surface area contributed by atoms with Crippen LogP contribution < -0.4 is 5.63 Å². The van der Waals surface area contributed by atoms with Crippen LogP contribution in [0.4, 0.5) is 0 Å². The highest BCUT2D eigenvalue weighted by atomic mass is 32.1. The van der Waals surface area contributed by atoms with E-state index >= 15 is 0 Å². The Balaban J connectivity index is 1.41. The number of hydrogen-bond acceptors (Lipinski definition) is 4. The average Bonchev–Trinajstić information content (AvgIpc) is 3.37. The predicted octanol–water partition coefficient (Wildman–Crippen LogP) is 6.15.